The third-order valence-electron chi connectivity index (χ3n) is 4.90. The maximum Gasteiger partial charge on any atom is 0.182 e. The highest BCUT2D eigenvalue weighted by atomic mass is 16.3. The van der Waals surface area contributed by atoms with Crippen LogP contribution < -0.4 is 11.5 Å². The van der Waals surface area contributed by atoms with Crippen LogP contribution in [0.4, 0.5) is 11.4 Å². The number of anilines is 2. The van der Waals surface area contributed by atoms with Crippen LogP contribution in [0.15, 0.2) is 78.9 Å². The number of nitrogens with two attached hydrogens (primary N) is 2. The van der Waals surface area contributed by atoms with Crippen molar-refractivity contribution in [2.45, 2.75) is 0 Å². The van der Waals surface area contributed by atoms with Crippen LogP contribution in [0, 0.1) is 0 Å². The Balaban J connectivity index is 2.19. The summed E-state index contributed by atoms with van der Waals surface area (Å²) in [6, 6.07) is 23.4. The SMILES string of the molecule is Nc1ccc(-c2c(O)c(O)c(N)c(-c3ccccc3)c2-c2ccccc2)c(O)c1. The molecule has 4 rings (SSSR count). The van der Waals surface area contributed by atoms with Crippen LogP contribution >= 0.6 is 0 Å². The molecular weight excluding hydrogens is 364 g/mol. The molecule has 0 amide bonds. The first-order valence-electron chi connectivity index (χ1n) is 9.06. The van der Waals surface area contributed by atoms with Crippen molar-refractivity contribution in [1.29, 1.82) is 0 Å². The van der Waals surface area contributed by atoms with E-state index in [0.29, 0.717) is 22.4 Å². The van der Waals surface area contributed by atoms with E-state index >= 15 is 0 Å². The number of hydrogen-bond acceptors (Lipinski definition) is 5. The maximum atomic E-state index is 10.9. The van der Waals surface area contributed by atoms with Gasteiger partial charge in [0.2, 0.25) is 0 Å². The van der Waals surface area contributed by atoms with E-state index in [4.69, 9.17) is 11.5 Å². The van der Waals surface area contributed by atoms with Gasteiger partial charge in [-0.2, -0.15) is 0 Å². The Morgan fingerprint density at radius 1 is 0.552 bits per heavy atom. The third-order valence-corrected chi connectivity index (χ3v) is 4.90. The van der Waals surface area contributed by atoms with Gasteiger partial charge in [-0.15, -0.1) is 0 Å². The average Bonchev–Trinajstić information content (AvgIpc) is 2.74. The Morgan fingerprint density at radius 2 is 1.10 bits per heavy atom. The van der Waals surface area contributed by atoms with Crippen LogP contribution in [0.3, 0.4) is 0 Å². The molecule has 7 N–H and O–H groups in total. The molecule has 0 fully saturated rings. The monoisotopic (exact) mass is 384 g/mol. The van der Waals surface area contributed by atoms with Crippen molar-refractivity contribution >= 4 is 11.4 Å². The van der Waals surface area contributed by atoms with Crippen LogP contribution in [-0.2, 0) is 0 Å². The van der Waals surface area contributed by atoms with Gasteiger partial charge < -0.3 is 26.8 Å². The summed E-state index contributed by atoms with van der Waals surface area (Å²) >= 11 is 0. The number of phenolic OH excluding ortho intramolecular Hbond substituents is 3. The van der Waals surface area contributed by atoms with Gasteiger partial charge in [0, 0.05) is 34.0 Å². The Labute approximate surface area is 168 Å². The lowest BCUT2D eigenvalue weighted by Gasteiger charge is -2.21. The van der Waals surface area contributed by atoms with Crippen molar-refractivity contribution in [1.82, 2.24) is 0 Å². The summed E-state index contributed by atoms with van der Waals surface area (Å²) in [4.78, 5) is 0. The molecule has 0 aliphatic rings. The first-order chi connectivity index (χ1) is 14.0. The summed E-state index contributed by atoms with van der Waals surface area (Å²) in [5, 5.41) is 32.1. The first-order valence-corrected chi connectivity index (χ1v) is 9.06. The second-order valence-electron chi connectivity index (χ2n) is 6.74. The molecule has 0 aliphatic carbocycles. The Morgan fingerprint density at radius 3 is 1.66 bits per heavy atom. The highest BCUT2D eigenvalue weighted by Crippen LogP contribution is 2.54. The molecule has 0 radical (unpaired) electrons. The zero-order valence-corrected chi connectivity index (χ0v) is 15.5. The van der Waals surface area contributed by atoms with Crippen molar-refractivity contribution < 1.29 is 15.3 Å². The second-order valence-corrected chi connectivity index (χ2v) is 6.74. The highest BCUT2D eigenvalue weighted by Gasteiger charge is 2.26. The third kappa shape index (κ3) is 3.08. The fraction of sp³-hybridized carbons (Fsp3) is 0. The molecule has 0 aromatic heterocycles. The van der Waals surface area contributed by atoms with Crippen molar-refractivity contribution in [3.63, 3.8) is 0 Å². The fourth-order valence-corrected chi connectivity index (χ4v) is 3.56. The van der Waals surface area contributed by atoms with E-state index in [1.165, 1.54) is 6.07 Å². The number of hydrogen-bond donors (Lipinski definition) is 5. The topological polar surface area (TPSA) is 113 Å². The van der Waals surface area contributed by atoms with Gasteiger partial charge >= 0.3 is 0 Å². The van der Waals surface area contributed by atoms with E-state index in [1.54, 1.807) is 12.1 Å². The predicted octanol–water partition coefficient (Wildman–Crippen LogP) is 4.97. The van der Waals surface area contributed by atoms with Crippen molar-refractivity contribution in [2.75, 3.05) is 11.5 Å². The Kier molecular flexibility index (Phi) is 4.49. The van der Waals surface area contributed by atoms with Gasteiger partial charge in [-0.1, -0.05) is 60.7 Å². The number of benzene rings is 4. The normalized spacial score (nSPS) is 10.8. The maximum absolute atomic E-state index is 10.9. The van der Waals surface area contributed by atoms with Crippen LogP contribution in [-0.4, -0.2) is 15.3 Å². The highest BCUT2D eigenvalue weighted by molar-refractivity contribution is 6.05. The minimum atomic E-state index is -0.435. The van der Waals surface area contributed by atoms with Gasteiger partial charge in [0.05, 0.1) is 5.69 Å². The molecule has 0 saturated heterocycles. The molecule has 0 bridgehead atoms. The molecule has 0 spiro atoms. The quantitative estimate of drug-likeness (QED) is 0.253. The van der Waals surface area contributed by atoms with Crippen LogP contribution in [0.25, 0.3) is 33.4 Å². The van der Waals surface area contributed by atoms with Gasteiger partial charge in [-0.25, -0.2) is 0 Å². The molecule has 144 valence electrons. The molecule has 0 saturated carbocycles. The van der Waals surface area contributed by atoms with Gasteiger partial charge in [-0.05, 0) is 23.3 Å². The molecule has 29 heavy (non-hydrogen) atoms. The molecule has 5 nitrogen and oxygen atoms in total. The smallest absolute Gasteiger partial charge is 0.182 e. The van der Waals surface area contributed by atoms with E-state index in [9.17, 15) is 15.3 Å². The van der Waals surface area contributed by atoms with Crippen LogP contribution in [0.5, 0.6) is 17.2 Å². The van der Waals surface area contributed by atoms with Gasteiger partial charge in [0.25, 0.3) is 0 Å². The summed E-state index contributed by atoms with van der Waals surface area (Å²) in [7, 11) is 0. The van der Waals surface area contributed by atoms with Crippen LogP contribution in [0.1, 0.15) is 0 Å². The Hall–Kier alpha value is -4.12. The van der Waals surface area contributed by atoms with Crippen molar-refractivity contribution in [3.8, 4) is 50.6 Å². The number of phenols is 3. The molecular formula is C24H20N2O3. The van der Waals surface area contributed by atoms with Gasteiger partial charge in [0.1, 0.15) is 5.75 Å². The largest absolute Gasteiger partial charge is 0.507 e. The van der Waals surface area contributed by atoms with E-state index in [0.717, 1.165) is 11.1 Å². The lowest BCUT2D eigenvalue weighted by atomic mass is 9.85. The first kappa shape index (κ1) is 18.3. The molecule has 0 atom stereocenters. The summed E-state index contributed by atoms with van der Waals surface area (Å²) < 4.78 is 0. The predicted molar refractivity (Wildman–Crippen MR) is 117 cm³/mol. The lowest BCUT2D eigenvalue weighted by molar-refractivity contribution is 0.407. The lowest BCUT2D eigenvalue weighted by Crippen LogP contribution is -1.99. The number of rotatable bonds is 3. The molecule has 5 heteroatoms. The average molecular weight is 384 g/mol. The van der Waals surface area contributed by atoms with E-state index in [2.05, 4.69) is 0 Å². The van der Waals surface area contributed by atoms with E-state index < -0.39 is 11.5 Å². The molecule has 0 aliphatic heterocycles. The van der Waals surface area contributed by atoms with Crippen LogP contribution in [0.2, 0.25) is 0 Å². The van der Waals surface area contributed by atoms with Gasteiger partial charge in [0.15, 0.2) is 11.5 Å². The number of aromatic hydroxyl groups is 3. The number of nitrogen functional groups attached to an aromatic ring is 2. The summed E-state index contributed by atoms with van der Waals surface area (Å²) in [5.74, 6) is -0.948. The molecule has 4 aromatic rings. The minimum absolute atomic E-state index is 0.0613. The van der Waals surface area contributed by atoms with Crippen molar-refractivity contribution in [2.24, 2.45) is 0 Å². The molecule has 0 unspecified atom stereocenters. The van der Waals surface area contributed by atoms with E-state index in [1.807, 2.05) is 60.7 Å². The zero-order valence-electron chi connectivity index (χ0n) is 15.5. The fourth-order valence-electron chi connectivity index (χ4n) is 3.56. The molecule has 4 aromatic carbocycles. The minimum Gasteiger partial charge on any atom is -0.507 e. The summed E-state index contributed by atoms with van der Waals surface area (Å²) in [5.41, 5.74) is 15.8. The standard InChI is InChI=1S/C24H20N2O3/c25-16-11-12-17(18(27)13-16)21-19(14-7-3-1-4-8-14)20(15-9-5-2-6-10-15)22(26)24(29)23(21)28/h1-13,27-29H,25-26H2. The summed E-state index contributed by atoms with van der Waals surface area (Å²) in [6.07, 6.45) is 0. The zero-order chi connectivity index (χ0) is 20.5. The summed E-state index contributed by atoms with van der Waals surface area (Å²) in [6.45, 7) is 0. The second kappa shape index (κ2) is 7.13. The molecule has 0 heterocycles. The van der Waals surface area contributed by atoms with E-state index in [-0.39, 0.29) is 17.0 Å². The van der Waals surface area contributed by atoms with Crippen molar-refractivity contribution in [3.05, 3.63) is 78.9 Å². The van der Waals surface area contributed by atoms with Gasteiger partial charge in [-0.3, -0.25) is 0 Å². The Bertz CT molecular complexity index is 1190.